The summed E-state index contributed by atoms with van der Waals surface area (Å²) in [5.41, 5.74) is 1.79. The molecule has 3 heteroatoms. The molecule has 0 aliphatic heterocycles. The minimum atomic E-state index is -1.10. The Kier molecular flexibility index (Phi) is 4.27. The summed E-state index contributed by atoms with van der Waals surface area (Å²) in [5.74, 6) is -1.05. The summed E-state index contributed by atoms with van der Waals surface area (Å²) in [6, 6.07) is 13.5. The quantitative estimate of drug-likeness (QED) is 0.881. The van der Waals surface area contributed by atoms with E-state index in [9.17, 15) is 15.0 Å². The number of aromatic hydroxyl groups is 1. The monoisotopic (exact) mass is 298 g/mol. The van der Waals surface area contributed by atoms with Crippen molar-refractivity contribution in [2.24, 2.45) is 5.92 Å². The Morgan fingerprint density at radius 3 is 2.18 bits per heavy atom. The first kappa shape index (κ1) is 16.1. The fourth-order valence-corrected chi connectivity index (χ4v) is 2.97. The molecule has 0 radical (unpaired) electrons. The van der Waals surface area contributed by atoms with Gasteiger partial charge < -0.3 is 10.2 Å². The average Bonchev–Trinajstić information content (AvgIpc) is 2.47. The summed E-state index contributed by atoms with van der Waals surface area (Å²) in [6.07, 6.45) is 0. The summed E-state index contributed by atoms with van der Waals surface area (Å²) < 4.78 is 0. The van der Waals surface area contributed by atoms with E-state index in [1.807, 2.05) is 43.3 Å². The Morgan fingerprint density at radius 1 is 1.09 bits per heavy atom. The highest BCUT2D eigenvalue weighted by atomic mass is 16.4. The van der Waals surface area contributed by atoms with Crippen molar-refractivity contribution in [2.45, 2.75) is 33.1 Å². The minimum Gasteiger partial charge on any atom is -0.507 e. The lowest BCUT2D eigenvalue weighted by Gasteiger charge is -2.36. The zero-order chi connectivity index (χ0) is 16.5. The van der Waals surface area contributed by atoms with Crippen LogP contribution in [0.1, 0.15) is 47.8 Å². The maximum Gasteiger partial charge on any atom is 0.339 e. The molecule has 3 nitrogen and oxygen atoms in total. The molecule has 0 aliphatic rings. The molecule has 0 saturated heterocycles. The molecule has 0 fully saturated rings. The van der Waals surface area contributed by atoms with E-state index in [1.54, 1.807) is 13.0 Å². The van der Waals surface area contributed by atoms with Crippen LogP contribution in [0.5, 0.6) is 5.75 Å². The SMILES string of the molecule is Cc1ccc(C(C)(c2ccccc2)C(C)C)c(O)c1C(=O)O. The van der Waals surface area contributed by atoms with Gasteiger partial charge in [0.1, 0.15) is 11.3 Å². The van der Waals surface area contributed by atoms with Crippen molar-refractivity contribution in [3.05, 3.63) is 64.7 Å². The lowest BCUT2D eigenvalue weighted by molar-refractivity contribution is 0.0692. The number of hydrogen-bond acceptors (Lipinski definition) is 2. The summed E-state index contributed by atoms with van der Waals surface area (Å²) in [7, 11) is 0. The number of benzene rings is 2. The highest BCUT2D eigenvalue weighted by Crippen LogP contribution is 2.44. The van der Waals surface area contributed by atoms with Gasteiger partial charge in [-0.15, -0.1) is 0 Å². The largest absolute Gasteiger partial charge is 0.507 e. The molecule has 0 bridgehead atoms. The van der Waals surface area contributed by atoms with Crippen molar-refractivity contribution in [1.29, 1.82) is 0 Å². The van der Waals surface area contributed by atoms with Gasteiger partial charge in [-0.05, 0) is 24.0 Å². The molecule has 1 atom stereocenters. The van der Waals surface area contributed by atoms with Crippen LogP contribution in [0.25, 0.3) is 0 Å². The van der Waals surface area contributed by atoms with Crippen LogP contribution in [0.2, 0.25) is 0 Å². The standard InChI is InChI=1S/C19H22O3/c1-12(2)19(4,14-8-6-5-7-9-14)15-11-10-13(3)16(17(15)20)18(21)22/h5-12,20H,1-4H3,(H,21,22). The fraction of sp³-hybridized carbons (Fsp3) is 0.316. The highest BCUT2D eigenvalue weighted by molar-refractivity contribution is 5.93. The number of aryl methyl sites for hydroxylation is 1. The van der Waals surface area contributed by atoms with Gasteiger partial charge in [0.25, 0.3) is 0 Å². The second-order valence-corrected chi connectivity index (χ2v) is 6.18. The van der Waals surface area contributed by atoms with Gasteiger partial charge in [0.15, 0.2) is 0 Å². The Labute approximate surface area is 131 Å². The molecule has 116 valence electrons. The van der Waals surface area contributed by atoms with Crippen LogP contribution in [-0.4, -0.2) is 16.2 Å². The van der Waals surface area contributed by atoms with Crippen molar-refractivity contribution < 1.29 is 15.0 Å². The van der Waals surface area contributed by atoms with Gasteiger partial charge in [0.2, 0.25) is 0 Å². The van der Waals surface area contributed by atoms with E-state index in [0.717, 1.165) is 5.56 Å². The van der Waals surface area contributed by atoms with Crippen LogP contribution < -0.4 is 0 Å². The molecule has 2 aromatic rings. The second kappa shape index (κ2) is 5.84. The molecular weight excluding hydrogens is 276 g/mol. The number of aromatic carboxylic acids is 1. The molecule has 22 heavy (non-hydrogen) atoms. The second-order valence-electron chi connectivity index (χ2n) is 6.18. The number of rotatable bonds is 4. The van der Waals surface area contributed by atoms with Crippen LogP contribution in [0.3, 0.4) is 0 Å². The lowest BCUT2D eigenvalue weighted by Crippen LogP contribution is -2.30. The van der Waals surface area contributed by atoms with Gasteiger partial charge in [0, 0.05) is 11.0 Å². The maximum absolute atomic E-state index is 11.5. The Hall–Kier alpha value is -2.29. The van der Waals surface area contributed by atoms with Gasteiger partial charge in [-0.25, -0.2) is 4.79 Å². The summed E-state index contributed by atoms with van der Waals surface area (Å²) in [5, 5.41) is 20.0. The summed E-state index contributed by atoms with van der Waals surface area (Å²) in [6.45, 7) is 7.89. The molecule has 0 amide bonds. The number of carboxylic acids is 1. The van der Waals surface area contributed by atoms with E-state index >= 15 is 0 Å². The Bertz CT molecular complexity index is 689. The average molecular weight is 298 g/mol. The van der Waals surface area contributed by atoms with Crippen molar-refractivity contribution in [3.8, 4) is 5.75 Å². The third kappa shape index (κ3) is 2.47. The third-order valence-corrected chi connectivity index (χ3v) is 4.69. The van der Waals surface area contributed by atoms with Gasteiger partial charge >= 0.3 is 5.97 Å². The fourth-order valence-electron chi connectivity index (χ4n) is 2.97. The van der Waals surface area contributed by atoms with E-state index in [0.29, 0.717) is 11.1 Å². The van der Waals surface area contributed by atoms with Crippen LogP contribution in [-0.2, 0) is 5.41 Å². The van der Waals surface area contributed by atoms with Crippen molar-refractivity contribution in [1.82, 2.24) is 0 Å². The zero-order valence-electron chi connectivity index (χ0n) is 13.4. The summed E-state index contributed by atoms with van der Waals surface area (Å²) in [4.78, 5) is 11.5. The number of hydrogen-bond donors (Lipinski definition) is 2. The highest BCUT2D eigenvalue weighted by Gasteiger charge is 2.36. The van der Waals surface area contributed by atoms with E-state index < -0.39 is 11.4 Å². The molecule has 0 heterocycles. The van der Waals surface area contributed by atoms with Crippen molar-refractivity contribution in [3.63, 3.8) is 0 Å². The van der Waals surface area contributed by atoms with Crippen molar-refractivity contribution >= 4 is 5.97 Å². The van der Waals surface area contributed by atoms with Gasteiger partial charge in [-0.2, -0.15) is 0 Å². The summed E-state index contributed by atoms with van der Waals surface area (Å²) >= 11 is 0. The van der Waals surface area contributed by atoms with Crippen LogP contribution in [0, 0.1) is 12.8 Å². The molecule has 0 spiro atoms. The predicted octanol–water partition coefficient (Wildman–Crippen LogP) is 4.36. The van der Waals surface area contributed by atoms with Gasteiger partial charge in [0.05, 0.1) is 0 Å². The van der Waals surface area contributed by atoms with Gasteiger partial charge in [-0.1, -0.05) is 63.2 Å². The molecule has 2 aromatic carbocycles. The first-order valence-electron chi connectivity index (χ1n) is 7.42. The van der Waals surface area contributed by atoms with Crippen LogP contribution in [0.15, 0.2) is 42.5 Å². The van der Waals surface area contributed by atoms with E-state index in [2.05, 4.69) is 13.8 Å². The molecule has 1 unspecified atom stereocenters. The lowest BCUT2D eigenvalue weighted by atomic mass is 9.67. The minimum absolute atomic E-state index is 0.0136. The van der Waals surface area contributed by atoms with E-state index in [4.69, 9.17) is 0 Å². The van der Waals surface area contributed by atoms with Gasteiger partial charge in [-0.3, -0.25) is 0 Å². The zero-order valence-corrected chi connectivity index (χ0v) is 13.4. The molecule has 0 aliphatic carbocycles. The number of carbonyl (C=O) groups is 1. The number of phenols is 1. The Morgan fingerprint density at radius 2 is 1.68 bits per heavy atom. The van der Waals surface area contributed by atoms with Crippen LogP contribution in [0.4, 0.5) is 0 Å². The predicted molar refractivity (Wildman–Crippen MR) is 87.5 cm³/mol. The maximum atomic E-state index is 11.5. The normalized spacial score (nSPS) is 13.9. The van der Waals surface area contributed by atoms with E-state index in [-0.39, 0.29) is 17.2 Å². The van der Waals surface area contributed by atoms with Crippen LogP contribution >= 0.6 is 0 Å². The first-order chi connectivity index (χ1) is 10.3. The smallest absolute Gasteiger partial charge is 0.339 e. The topological polar surface area (TPSA) is 57.5 Å². The molecule has 0 saturated carbocycles. The molecule has 2 N–H and O–H groups in total. The number of carboxylic acid groups (broad SMARTS) is 1. The third-order valence-electron chi connectivity index (χ3n) is 4.69. The van der Waals surface area contributed by atoms with Crippen molar-refractivity contribution in [2.75, 3.05) is 0 Å². The molecule has 0 aromatic heterocycles. The Balaban J connectivity index is 2.76. The molecular formula is C19H22O3. The van der Waals surface area contributed by atoms with E-state index in [1.165, 1.54) is 0 Å². The first-order valence-corrected chi connectivity index (χ1v) is 7.42. The molecule has 2 rings (SSSR count).